The number of hydrogen-bond acceptors (Lipinski definition) is 3. The van der Waals surface area contributed by atoms with Gasteiger partial charge in [0.2, 0.25) is 6.79 Å². The lowest BCUT2D eigenvalue weighted by Crippen LogP contribution is -2.11. The number of rotatable bonds is 2. The van der Waals surface area contributed by atoms with Crippen LogP contribution in [0.5, 0.6) is 11.5 Å². The molecule has 0 aliphatic carbocycles. The van der Waals surface area contributed by atoms with Crippen molar-refractivity contribution >= 4 is 0 Å². The molecule has 0 bridgehead atoms. The summed E-state index contributed by atoms with van der Waals surface area (Å²) in [5.41, 5.74) is 8.33. The van der Waals surface area contributed by atoms with Crippen LogP contribution < -0.4 is 15.2 Å². The molecular formula is C14H13NO2. The molecule has 1 heterocycles. The van der Waals surface area contributed by atoms with Gasteiger partial charge in [0.15, 0.2) is 11.5 Å². The normalized spacial score (nSPS) is 14.6. The molecule has 1 aliphatic heterocycles. The van der Waals surface area contributed by atoms with Crippen LogP contribution in [0.3, 0.4) is 0 Å². The first-order valence-corrected chi connectivity index (χ1v) is 5.54. The van der Waals surface area contributed by atoms with Crippen molar-refractivity contribution in [1.82, 2.24) is 0 Å². The molecule has 0 radical (unpaired) electrons. The Kier molecular flexibility index (Phi) is 2.46. The van der Waals surface area contributed by atoms with Crippen molar-refractivity contribution in [3.8, 4) is 11.5 Å². The van der Waals surface area contributed by atoms with Gasteiger partial charge in [0.25, 0.3) is 0 Å². The Morgan fingerprint density at radius 3 is 2.47 bits per heavy atom. The quantitative estimate of drug-likeness (QED) is 0.857. The first kappa shape index (κ1) is 10.2. The van der Waals surface area contributed by atoms with E-state index in [1.807, 2.05) is 48.5 Å². The number of nitrogens with two attached hydrogens (primary N) is 1. The lowest BCUT2D eigenvalue weighted by atomic mass is 9.99. The Labute approximate surface area is 99.8 Å². The minimum atomic E-state index is -0.134. The molecule has 0 amide bonds. The summed E-state index contributed by atoms with van der Waals surface area (Å²) >= 11 is 0. The van der Waals surface area contributed by atoms with Crippen LogP contribution in [0, 0.1) is 0 Å². The van der Waals surface area contributed by atoms with Crippen molar-refractivity contribution in [2.24, 2.45) is 5.73 Å². The van der Waals surface area contributed by atoms with Gasteiger partial charge in [0.05, 0.1) is 6.04 Å². The Bertz CT molecular complexity index is 525. The van der Waals surface area contributed by atoms with Crippen molar-refractivity contribution in [3.63, 3.8) is 0 Å². The molecule has 1 aliphatic rings. The molecule has 0 fully saturated rings. The van der Waals surface area contributed by atoms with E-state index in [0.29, 0.717) is 6.79 Å². The second kappa shape index (κ2) is 4.11. The van der Waals surface area contributed by atoms with E-state index in [9.17, 15) is 0 Å². The van der Waals surface area contributed by atoms with Crippen LogP contribution in [0.4, 0.5) is 0 Å². The smallest absolute Gasteiger partial charge is 0.231 e. The summed E-state index contributed by atoms with van der Waals surface area (Å²) < 4.78 is 10.6. The predicted octanol–water partition coefficient (Wildman–Crippen LogP) is 2.46. The summed E-state index contributed by atoms with van der Waals surface area (Å²) in [4.78, 5) is 0. The van der Waals surface area contributed by atoms with E-state index in [0.717, 1.165) is 22.6 Å². The summed E-state index contributed by atoms with van der Waals surface area (Å²) in [6, 6.07) is 15.7. The second-order valence-electron chi connectivity index (χ2n) is 4.00. The first-order valence-electron chi connectivity index (χ1n) is 5.54. The average Bonchev–Trinajstić information content (AvgIpc) is 2.86. The highest BCUT2D eigenvalue weighted by Gasteiger charge is 2.16. The summed E-state index contributed by atoms with van der Waals surface area (Å²) in [7, 11) is 0. The van der Waals surface area contributed by atoms with Gasteiger partial charge < -0.3 is 15.2 Å². The van der Waals surface area contributed by atoms with Crippen molar-refractivity contribution < 1.29 is 9.47 Å². The maximum atomic E-state index is 6.21. The topological polar surface area (TPSA) is 44.5 Å². The summed E-state index contributed by atoms with van der Waals surface area (Å²) in [6.45, 7) is 0.291. The van der Waals surface area contributed by atoms with Crippen LogP contribution >= 0.6 is 0 Å². The van der Waals surface area contributed by atoms with Crippen molar-refractivity contribution in [3.05, 3.63) is 59.7 Å². The summed E-state index contributed by atoms with van der Waals surface area (Å²) in [5, 5.41) is 0. The Hall–Kier alpha value is -2.00. The molecule has 3 nitrogen and oxygen atoms in total. The van der Waals surface area contributed by atoms with E-state index in [1.165, 1.54) is 0 Å². The molecule has 0 saturated heterocycles. The molecule has 2 aromatic carbocycles. The van der Waals surface area contributed by atoms with E-state index >= 15 is 0 Å². The Morgan fingerprint density at radius 1 is 0.882 bits per heavy atom. The van der Waals surface area contributed by atoms with Gasteiger partial charge in [0, 0.05) is 0 Å². The predicted molar refractivity (Wildman–Crippen MR) is 65.0 cm³/mol. The monoisotopic (exact) mass is 227 g/mol. The third kappa shape index (κ3) is 1.85. The SMILES string of the molecule is N[C@@H](c1ccccc1)c1ccc2c(c1)OCO2. The van der Waals surface area contributed by atoms with Gasteiger partial charge >= 0.3 is 0 Å². The molecule has 0 spiro atoms. The van der Waals surface area contributed by atoms with Crippen LogP contribution in [0.2, 0.25) is 0 Å². The fraction of sp³-hybridized carbons (Fsp3) is 0.143. The molecule has 3 rings (SSSR count). The van der Waals surface area contributed by atoms with Crippen molar-refractivity contribution in [1.29, 1.82) is 0 Å². The highest BCUT2D eigenvalue weighted by molar-refractivity contribution is 5.46. The molecule has 0 saturated carbocycles. The van der Waals surface area contributed by atoms with Gasteiger partial charge in [-0.05, 0) is 23.3 Å². The third-order valence-electron chi connectivity index (χ3n) is 2.91. The Balaban J connectivity index is 1.94. The largest absolute Gasteiger partial charge is 0.454 e. The highest BCUT2D eigenvalue weighted by atomic mass is 16.7. The highest BCUT2D eigenvalue weighted by Crippen LogP contribution is 2.34. The van der Waals surface area contributed by atoms with E-state index < -0.39 is 0 Å². The van der Waals surface area contributed by atoms with Gasteiger partial charge in [0.1, 0.15) is 0 Å². The maximum Gasteiger partial charge on any atom is 0.231 e. The minimum Gasteiger partial charge on any atom is -0.454 e. The first-order chi connectivity index (χ1) is 8.34. The molecule has 1 atom stereocenters. The van der Waals surface area contributed by atoms with Crippen molar-refractivity contribution in [2.45, 2.75) is 6.04 Å². The number of fused-ring (bicyclic) bond motifs is 1. The van der Waals surface area contributed by atoms with Gasteiger partial charge in [-0.25, -0.2) is 0 Å². The molecule has 3 heteroatoms. The standard InChI is InChI=1S/C14H13NO2/c15-14(10-4-2-1-3-5-10)11-6-7-12-13(8-11)17-9-16-12/h1-8,14H,9,15H2/t14-/m0/s1. The number of ether oxygens (including phenoxy) is 2. The molecule has 2 N–H and O–H groups in total. The van der Waals surface area contributed by atoms with E-state index in [2.05, 4.69) is 0 Å². The fourth-order valence-electron chi connectivity index (χ4n) is 1.96. The molecule has 2 aromatic rings. The lowest BCUT2D eigenvalue weighted by Gasteiger charge is -2.12. The minimum absolute atomic E-state index is 0.134. The Morgan fingerprint density at radius 2 is 1.65 bits per heavy atom. The zero-order valence-electron chi connectivity index (χ0n) is 9.30. The van der Waals surface area contributed by atoms with Crippen LogP contribution in [-0.2, 0) is 0 Å². The van der Waals surface area contributed by atoms with Crippen LogP contribution in [-0.4, -0.2) is 6.79 Å². The van der Waals surface area contributed by atoms with E-state index in [4.69, 9.17) is 15.2 Å². The zero-order chi connectivity index (χ0) is 11.7. The van der Waals surface area contributed by atoms with E-state index in [1.54, 1.807) is 0 Å². The molecule has 17 heavy (non-hydrogen) atoms. The molecular weight excluding hydrogens is 214 g/mol. The van der Waals surface area contributed by atoms with Crippen LogP contribution in [0.15, 0.2) is 48.5 Å². The summed E-state index contributed by atoms with van der Waals surface area (Å²) in [5.74, 6) is 1.56. The molecule has 0 aromatic heterocycles. The van der Waals surface area contributed by atoms with E-state index in [-0.39, 0.29) is 6.04 Å². The van der Waals surface area contributed by atoms with Crippen molar-refractivity contribution in [2.75, 3.05) is 6.79 Å². The van der Waals surface area contributed by atoms with Gasteiger partial charge in [-0.15, -0.1) is 0 Å². The third-order valence-corrected chi connectivity index (χ3v) is 2.91. The fourth-order valence-corrected chi connectivity index (χ4v) is 1.96. The number of benzene rings is 2. The molecule has 86 valence electrons. The maximum absolute atomic E-state index is 6.21. The second-order valence-corrected chi connectivity index (χ2v) is 4.00. The van der Waals surface area contributed by atoms with Gasteiger partial charge in [-0.3, -0.25) is 0 Å². The van der Waals surface area contributed by atoms with Crippen LogP contribution in [0.1, 0.15) is 17.2 Å². The van der Waals surface area contributed by atoms with Crippen LogP contribution in [0.25, 0.3) is 0 Å². The van der Waals surface area contributed by atoms with Gasteiger partial charge in [-0.2, -0.15) is 0 Å². The summed E-state index contributed by atoms with van der Waals surface area (Å²) in [6.07, 6.45) is 0. The lowest BCUT2D eigenvalue weighted by molar-refractivity contribution is 0.174. The average molecular weight is 227 g/mol. The van der Waals surface area contributed by atoms with Gasteiger partial charge in [-0.1, -0.05) is 36.4 Å². The zero-order valence-corrected chi connectivity index (χ0v) is 9.30. The molecule has 0 unspecified atom stereocenters. The number of hydrogen-bond donors (Lipinski definition) is 1.